The van der Waals surface area contributed by atoms with E-state index in [0.717, 1.165) is 51.9 Å². The van der Waals surface area contributed by atoms with Gasteiger partial charge in [0.25, 0.3) is 0 Å². The quantitative estimate of drug-likeness (QED) is 0.164. The van der Waals surface area contributed by atoms with Crippen molar-refractivity contribution in [3.05, 3.63) is 143 Å². The van der Waals surface area contributed by atoms with Gasteiger partial charge in [0, 0.05) is 22.7 Å². The van der Waals surface area contributed by atoms with Crippen molar-refractivity contribution in [1.29, 1.82) is 0 Å². The molecule has 4 aliphatic carbocycles. The van der Waals surface area contributed by atoms with E-state index in [1.165, 1.54) is 55.2 Å². The largest absolute Gasteiger partial charge is 0.309 e. The first-order valence-corrected chi connectivity index (χ1v) is 21.2. The van der Waals surface area contributed by atoms with Gasteiger partial charge in [0.2, 0.25) is 0 Å². The molecule has 0 unspecified atom stereocenters. The summed E-state index contributed by atoms with van der Waals surface area (Å²) in [6.07, 6.45) is 8.49. The Kier molecular flexibility index (Phi) is 9.56. The van der Waals surface area contributed by atoms with Crippen molar-refractivity contribution < 1.29 is 0 Å². The molecule has 0 saturated heterocycles. The highest BCUT2D eigenvalue weighted by atomic mass is 35.5. The Morgan fingerprint density at radius 1 is 0.436 bits per heavy atom. The van der Waals surface area contributed by atoms with Crippen LogP contribution >= 0.6 is 11.6 Å². The maximum absolute atomic E-state index is 7.77. The molecule has 0 atom stereocenters. The predicted molar refractivity (Wildman–Crippen MR) is 237 cm³/mol. The summed E-state index contributed by atoms with van der Waals surface area (Å²) in [7, 11) is 0. The van der Waals surface area contributed by atoms with E-state index in [2.05, 4.69) is 187 Å². The minimum atomic E-state index is 0.0591. The van der Waals surface area contributed by atoms with Crippen LogP contribution in [-0.4, -0.2) is 0 Å². The molecular formula is C52H61ClN2. The third-order valence-electron chi connectivity index (χ3n) is 13.2. The molecule has 3 heteroatoms. The second-order valence-electron chi connectivity index (χ2n) is 20.4. The first kappa shape index (κ1) is 37.9. The van der Waals surface area contributed by atoms with Gasteiger partial charge in [-0.1, -0.05) is 129 Å². The normalized spacial score (nSPS) is 22.2. The zero-order valence-electron chi connectivity index (χ0n) is 34.7. The highest BCUT2D eigenvalue weighted by molar-refractivity contribution is 6.36. The summed E-state index contributed by atoms with van der Waals surface area (Å²) in [4.78, 5) is 4.69. The summed E-state index contributed by atoms with van der Waals surface area (Å²) in [6.45, 7) is 20.4. The number of halogens is 1. The third-order valence-corrected chi connectivity index (χ3v) is 13.6. The molecule has 5 aromatic carbocycles. The van der Waals surface area contributed by atoms with Gasteiger partial charge in [-0.25, -0.2) is 0 Å². The van der Waals surface area contributed by atoms with Crippen LogP contribution in [0, 0.1) is 17.8 Å². The molecule has 0 radical (unpaired) electrons. The van der Waals surface area contributed by atoms with Gasteiger partial charge < -0.3 is 9.80 Å². The number of nitrogens with zero attached hydrogens (tertiary/aromatic N) is 2. The molecule has 0 N–H and O–H groups in total. The summed E-state index contributed by atoms with van der Waals surface area (Å²) in [5.74, 6) is 2.76. The Hall–Kier alpha value is -4.01. The first-order valence-electron chi connectivity index (χ1n) is 20.8. The Bertz CT molecular complexity index is 2030. The van der Waals surface area contributed by atoms with E-state index in [1.54, 1.807) is 5.56 Å². The SMILES string of the molecule is CC(C)(C)c1ccc(N(c2ccc(C(C)(C)C)cc2)c2cccc(N(c3ccc(C(C)(C)C)cc3)c3ccc(C45CC6CC(CC(C6)C4)C5)cc3)c2Cl)cc1. The van der Waals surface area contributed by atoms with Crippen molar-refractivity contribution >= 4 is 45.7 Å². The van der Waals surface area contributed by atoms with Crippen molar-refractivity contribution in [3.8, 4) is 0 Å². The molecule has 55 heavy (non-hydrogen) atoms. The number of hydrogen-bond acceptors (Lipinski definition) is 2. The second kappa shape index (κ2) is 13.9. The highest BCUT2D eigenvalue weighted by Crippen LogP contribution is 2.61. The van der Waals surface area contributed by atoms with Gasteiger partial charge in [-0.05, 0) is 161 Å². The molecule has 5 aromatic rings. The minimum absolute atomic E-state index is 0.0591. The lowest BCUT2D eigenvalue weighted by molar-refractivity contribution is -0.00518. The van der Waals surface area contributed by atoms with Crippen LogP contribution in [0.5, 0.6) is 0 Å². The fourth-order valence-electron chi connectivity index (χ4n) is 10.5. The molecule has 9 rings (SSSR count). The molecule has 286 valence electrons. The van der Waals surface area contributed by atoms with Crippen molar-refractivity contribution in [2.45, 2.75) is 122 Å². The van der Waals surface area contributed by atoms with Gasteiger partial charge >= 0.3 is 0 Å². The molecule has 0 heterocycles. The fourth-order valence-corrected chi connectivity index (χ4v) is 10.8. The molecule has 2 nitrogen and oxygen atoms in total. The molecule has 4 aliphatic rings. The number of benzene rings is 5. The standard InChI is InChI=1S/C52H61ClN2/c1-49(2,3)38-13-21-42(22-14-38)54(43-23-15-39(16-24-43)50(4,5)6)46-11-10-12-47(48(46)53)55(44-25-17-40(18-26-44)51(7,8)9)45-27-19-41(20-28-45)52-32-35-29-36(33-52)31-37(30-35)34-52/h10-28,35-37H,29-34H2,1-9H3. The maximum atomic E-state index is 7.77. The number of rotatable bonds is 7. The monoisotopic (exact) mass is 748 g/mol. The Morgan fingerprint density at radius 3 is 1.02 bits per heavy atom. The number of anilines is 6. The molecule has 0 aromatic heterocycles. The molecule has 0 aliphatic heterocycles. The van der Waals surface area contributed by atoms with Gasteiger partial charge in [-0.2, -0.15) is 0 Å². The van der Waals surface area contributed by atoms with Crippen LogP contribution in [0.1, 0.15) is 123 Å². The Labute approximate surface area is 336 Å². The molecule has 4 fully saturated rings. The maximum Gasteiger partial charge on any atom is 0.0887 e. The minimum Gasteiger partial charge on any atom is -0.309 e. The van der Waals surface area contributed by atoms with Crippen LogP contribution in [-0.2, 0) is 21.7 Å². The van der Waals surface area contributed by atoms with Gasteiger partial charge in [-0.3, -0.25) is 0 Å². The average Bonchev–Trinajstić information content (AvgIpc) is 3.12. The Morgan fingerprint density at radius 2 is 0.727 bits per heavy atom. The van der Waals surface area contributed by atoms with E-state index in [1.807, 2.05) is 0 Å². The van der Waals surface area contributed by atoms with Crippen LogP contribution in [0.3, 0.4) is 0 Å². The second-order valence-corrected chi connectivity index (χ2v) is 20.8. The molecule has 0 amide bonds. The smallest absolute Gasteiger partial charge is 0.0887 e. The summed E-state index contributed by atoms with van der Waals surface area (Å²) < 4.78 is 0. The van der Waals surface area contributed by atoms with Crippen molar-refractivity contribution in [2.24, 2.45) is 17.8 Å². The van der Waals surface area contributed by atoms with E-state index in [-0.39, 0.29) is 16.2 Å². The van der Waals surface area contributed by atoms with Gasteiger partial charge in [-0.15, -0.1) is 0 Å². The lowest BCUT2D eigenvalue weighted by Crippen LogP contribution is -2.48. The molecule has 0 spiro atoms. The number of hydrogen-bond donors (Lipinski definition) is 0. The van der Waals surface area contributed by atoms with Gasteiger partial charge in [0.1, 0.15) is 0 Å². The fraction of sp³-hybridized carbons (Fsp3) is 0.423. The van der Waals surface area contributed by atoms with E-state index in [4.69, 9.17) is 11.6 Å². The zero-order chi connectivity index (χ0) is 38.9. The molecule has 4 saturated carbocycles. The highest BCUT2D eigenvalue weighted by Gasteiger charge is 2.51. The summed E-state index contributed by atoms with van der Waals surface area (Å²) in [6, 6.07) is 43.3. The summed E-state index contributed by atoms with van der Waals surface area (Å²) in [5.41, 5.74) is 12.3. The van der Waals surface area contributed by atoms with Crippen LogP contribution in [0.15, 0.2) is 115 Å². The lowest BCUT2D eigenvalue weighted by atomic mass is 9.48. The molecular weight excluding hydrogens is 688 g/mol. The van der Waals surface area contributed by atoms with Gasteiger partial charge in [0.15, 0.2) is 0 Å². The van der Waals surface area contributed by atoms with Crippen molar-refractivity contribution in [2.75, 3.05) is 9.80 Å². The van der Waals surface area contributed by atoms with E-state index >= 15 is 0 Å². The topological polar surface area (TPSA) is 6.48 Å². The predicted octanol–water partition coefficient (Wildman–Crippen LogP) is 15.6. The van der Waals surface area contributed by atoms with E-state index in [0.29, 0.717) is 10.4 Å². The zero-order valence-corrected chi connectivity index (χ0v) is 35.5. The summed E-state index contributed by atoms with van der Waals surface area (Å²) in [5, 5.41) is 0.715. The average molecular weight is 750 g/mol. The van der Waals surface area contributed by atoms with Gasteiger partial charge in [0.05, 0.1) is 16.4 Å². The lowest BCUT2D eigenvalue weighted by Gasteiger charge is -2.57. The molecule has 4 bridgehead atoms. The Balaban J connectivity index is 1.24. The van der Waals surface area contributed by atoms with Crippen LogP contribution < -0.4 is 9.80 Å². The van der Waals surface area contributed by atoms with Crippen LogP contribution in [0.25, 0.3) is 0 Å². The van der Waals surface area contributed by atoms with Crippen LogP contribution in [0.2, 0.25) is 5.02 Å². The van der Waals surface area contributed by atoms with Crippen molar-refractivity contribution in [1.82, 2.24) is 0 Å². The van der Waals surface area contributed by atoms with E-state index < -0.39 is 0 Å². The van der Waals surface area contributed by atoms with E-state index in [9.17, 15) is 0 Å². The summed E-state index contributed by atoms with van der Waals surface area (Å²) >= 11 is 7.77. The van der Waals surface area contributed by atoms with Crippen LogP contribution in [0.4, 0.5) is 34.1 Å². The van der Waals surface area contributed by atoms with Crippen molar-refractivity contribution in [3.63, 3.8) is 0 Å². The first-order chi connectivity index (χ1) is 26.0. The third kappa shape index (κ3) is 7.37.